The molecule has 3 aromatic rings. The minimum Gasteiger partial charge on any atom is -0.338 e. The predicted octanol–water partition coefficient (Wildman–Crippen LogP) is 4.54. The molecule has 5 nitrogen and oxygen atoms in total. The summed E-state index contributed by atoms with van der Waals surface area (Å²) in [6.45, 7) is 4.84. The van der Waals surface area contributed by atoms with Gasteiger partial charge in [-0.25, -0.2) is 0 Å². The van der Waals surface area contributed by atoms with E-state index in [1.807, 2.05) is 47.1 Å². The number of rotatable bonds is 7. The van der Waals surface area contributed by atoms with Crippen LogP contribution in [0.15, 0.2) is 72.8 Å². The van der Waals surface area contributed by atoms with Crippen LogP contribution < -0.4 is 10.2 Å². The zero-order chi connectivity index (χ0) is 23.5. The minimum absolute atomic E-state index is 0.114. The summed E-state index contributed by atoms with van der Waals surface area (Å²) in [4.78, 5) is 28.9. The Hall–Kier alpha value is -3.44. The van der Waals surface area contributed by atoms with Crippen LogP contribution in [-0.2, 0) is 29.1 Å². The number of likely N-dealkylation sites (tertiary alicyclic amines) is 1. The maximum atomic E-state index is 13.1. The van der Waals surface area contributed by atoms with Crippen molar-refractivity contribution in [3.63, 3.8) is 0 Å². The van der Waals surface area contributed by atoms with Crippen molar-refractivity contribution in [2.45, 2.75) is 45.3 Å². The number of nitrogens with zero attached hydrogens (tertiary/aromatic N) is 2. The van der Waals surface area contributed by atoms with Crippen molar-refractivity contribution >= 4 is 17.5 Å². The second-order valence-electron chi connectivity index (χ2n) is 9.24. The van der Waals surface area contributed by atoms with Crippen molar-refractivity contribution in [1.29, 1.82) is 0 Å². The first-order valence-corrected chi connectivity index (χ1v) is 12.2. The molecular formula is C29H31N3O2. The fraction of sp³-hybridized carbons (Fsp3) is 0.310. The number of nitrogens with one attached hydrogen (secondary N) is 1. The minimum atomic E-state index is -0.278. The molecule has 174 valence electrons. The molecule has 2 amide bonds. The molecular weight excluding hydrogens is 422 g/mol. The number of anilines is 1. The van der Waals surface area contributed by atoms with Gasteiger partial charge in [0.25, 0.3) is 0 Å². The van der Waals surface area contributed by atoms with Gasteiger partial charge in [0.1, 0.15) is 0 Å². The smallest absolute Gasteiger partial charge is 0.243 e. The summed E-state index contributed by atoms with van der Waals surface area (Å²) in [5.74, 6) is 0.366. The molecule has 0 aliphatic carbocycles. The van der Waals surface area contributed by atoms with Gasteiger partial charge in [-0.2, -0.15) is 0 Å². The molecule has 5 rings (SSSR count). The van der Waals surface area contributed by atoms with Gasteiger partial charge in [-0.05, 0) is 53.6 Å². The molecule has 1 saturated heterocycles. The number of para-hydroxylation sites is 1. The van der Waals surface area contributed by atoms with Gasteiger partial charge in [0.05, 0.1) is 6.04 Å². The quantitative estimate of drug-likeness (QED) is 0.571. The average molecular weight is 454 g/mol. The fourth-order valence-electron chi connectivity index (χ4n) is 4.99. The van der Waals surface area contributed by atoms with Crippen molar-refractivity contribution in [3.05, 3.63) is 89.5 Å². The van der Waals surface area contributed by atoms with E-state index < -0.39 is 0 Å². The van der Waals surface area contributed by atoms with E-state index in [0.717, 1.165) is 53.9 Å². The van der Waals surface area contributed by atoms with Gasteiger partial charge in [-0.1, -0.05) is 66.7 Å². The standard InChI is InChI=1S/C29H31N3O2/c1-21(29(34)32-18-16-24-7-3-5-10-27(24)32)30-19-25-8-2-4-9-26(25)23-14-12-22(13-15-23)20-31-17-6-11-28(31)33/h2-5,7-10,12-15,21,30H,6,11,16-20H2,1H3/t21-/m0/s1. The van der Waals surface area contributed by atoms with Crippen LogP contribution >= 0.6 is 0 Å². The Morgan fingerprint density at radius 2 is 1.71 bits per heavy atom. The van der Waals surface area contributed by atoms with E-state index in [4.69, 9.17) is 0 Å². The highest BCUT2D eigenvalue weighted by Gasteiger charge is 2.27. The van der Waals surface area contributed by atoms with Crippen LogP contribution in [0.3, 0.4) is 0 Å². The number of hydrogen-bond donors (Lipinski definition) is 1. The summed E-state index contributed by atoms with van der Waals surface area (Å²) in [5, 5.41) is 3.45. The summed E-state index contributed by atoms with van der Waals surface area (Å²) < 4.78 is 0. The Labute approximate surface area is 201 Å². The highest BCUT2D eigenvalue weighted by molar-refractivity contribution is 5.98. The summed E-state index contributed by atoms with van der Waals surface area (Å²) in [6, 6.07) is 24.7. The third-order valence-electron chi connectivity index (χ3n) is 6.95. The number of hydrogen-bond acceptors (Lipinski definition) is 3. The van der Waals surface area contributed by atoms with Crippen LogP contribution in [0.5, 0.6) is 0 Å². The van der Waals surface area contributed by atoms with Crippen molar-refractivity contribution in [2.24, 2.45) is 0 Å². The molecule has 2 heterocycles. The van der Waals surface area contributed by atoms with Crippen LogP contribution in [0.2, 0.25) is 0 Å². The molecule has 0 bridgehead atoms. The first kappa shape index (κ1) is 22.4. The van der Waals surface area contributed by atoms with E-state index in [0.29, 0.717) is 19.5 Å². The molecule has 0 radical (unpaired) electrons. The van der Waals surface area contributed by atoms with Crippen LogP contribution in [-0.4, -0.2) is 35.8 Å². The van der Waals surface area contributed by atoms with Crippen LogP contribution in [0.1, 0.15) is 36.5 Å². The second-order valence-corrected chi connectivity index (χ2v) is 9.24. The van der Waals surface area contributed by atoms with Gasteiger partial charge in [0, 0.05) is 38.3 Å². The predicted molar refractivity (Wildman–Crippen MR) is 135 cm³/mol. The normalized spacial score (nSPS) is 16.1. The van der Waals surface area contributed by atoms with Gasteiger partial charge in [-0.3, -0.25) is 9.59 Å². The molecule has 1 atom stereocenters. The van der Waals surface area contributed by atoms with Gasteiger partial charge in [0.2, 0.25) is 11.8 Å². The fourth-order valence-corrected chi connectivity index (χ4v) is 4.99. The molecule has 0 unspecified atom stereocenters. The van der Waals surface area contributed by atoms with E-state index >= 15 is 0 Å². The van der Waals surface area contributed by atoms with Gasteiger partial charge < -0.3 is 15.1 Å². The highest BCUT2D eigenvalue weighted by Crippen LogP contribution is 2.28. The lowest BCUT2D eigenvalue weighted by molar-refractivity contribution is -0.128. The highest BCUT2D eigenvalue weighted by atomic mass is 16.2. The second kappa shape index (κ2) is 9.82. The molecule has 0 aromatic heterocycles. The van der Waals surface area contributed by atoms with Crippen LogP contribution in [0, 0.1) is 0 Å². The number of benzene rings is 3. The first-order chi connectivity index (χ1) is 16.6. The summed E-state index contributed by atoms with van der Waals surface area (Å²) in [5.41, 5.74) is 6.89. The average Bonchev–Trinajstić information content (AvgIpc) is 3.49. The lowest BCUT2D eigenvalue weighted by atomic mass is 9.98. The lowest BCUT2D eigenvalue weighted by Gasteiger charge is -2.23. The molecule has 3 aromatic carbocycles. The molecule has 2 aliphatic rings. The summed E-state index contributed by atoms with van der Waals surface area (Å²) in [6.07, 6.45) is 2.55. The lowest BCUT2D eigenvalue weighted by Crippen LogP contribution is -2.44. The number of carbonyl (C=O) groups excluding carboxylic acids is 2. The molecule has 34 heavy (non-hydrogen) atoms. The molecule has 0 spiro atoms. The summed E-state index contributed by atoms with van der Waals surface area (Å²) in [7, 11) is 0. The Balaban J connectivity index is 1.24. The third-order valence-corrected chi connectivity index (χ3v) is 6.95. The Bertz CT molecular complexity index is 1190. The van der Waals surface area contributed by atoms with Gasteiger partial charge >= 0.3 is 0 Å². The topological polar surface area (TPSA) is 52.7 Å². The van der Waals surface area contributed by atoms with Crippen molar-refractivity contribution < 1.29 is 9.59 Å². The maximum absolute atomic E-state index is 13.1. The van der Waals surface area contributed by atoms with Crippen molar-refractivity contribution in [1.82, 2.24) is 10.2 Å². The molecule has 1 N–H and O–H groups in total. The Morgan fingerprint density at radius 1 is 0.941 bits per heavy atom. The maximum Gasteiger partial charge on any atom is 0.243 e. The third kappa shape index (κ3) is 4.62. The number of fused-ring (bicyclic) bond motifs is 1. The first-order valence-electron chi connectivity index (χ1n) is 12.2. The van der Waals surface area contributed by atoms with E-state index in [2.05, 4.69) is 47.8 Å². The monoisotopic (exact) mass is 453 g/mol. The molecule has 1 fully saturated rings. The van der Waals surface area contributed by atoms with Crippen molar-refractivity contribution in [2.75, 3.05) is 18.0 Å². The summed E-state index contributed by atoms with van der Waals surface area (Å²) >= 11 is 0. The van der Waals surface area contributed by atoms with Crippen LogP contribution in [0.4, 0.5) is 5.69 Å². The SMILES string of the molecule is C[C@H](NCc1ccccc1-c1ccc(CN2CCCC2=O)cc1)C(=O)N1CCc2ccccc21. The van der Waals surface area contributed by atoms with E-state index in [1.54, 1.807) is 0 Å². The van der Waals surface area contributed by atoms with Crippen molar-refractivity contribution in [3.8, 4) is 11.1 Å². The Kier molecular flexibility index (Phi) is 6.45. The van der Waals surface area contributed by atoms with Gasteiger partial charge in [-0.15, -0.1) is 0 Å². The molecule has 0 saturated carbocycles. The van der Waals surface area contributed by atoms with Gasteiger partial charge in [0.15, 0.2) is 0 Å². The van der Waals surface area contributed by atoms with E-state index in [-0.39, 0.29) is 17.9 Å². The molecule has 2 aliphatic heterocycles. The largest absolute Gasteiger partial charge is 0.338 e. The van der Waals surface area contributed by atoms with E-state index in [1.165, 1.54) is 5.56 Å². The van der Waals surface area contributed by atoms with E-state index in [9.17, 15) is 9.59 Å². The Morgan fingerprint density at radius 3 is 2.50 bits per heavy atom. The number of carbonyl (C=O) groups is 2. The zero-order valence-corrected chi connectivity index (χ0v) is 19.7. The molecule has 5 heteroatoms. The zero-order valence-electron chi connectivity index (χ0n) is 19.7. The number of amides is 2. The van der Waals surface area contributed by atoms with Crippen LogP contribution in [0.25, 0.3) is 11.1 Å².